The van der Waals surface area contributed by atoms with Crippen molar-refractivity contribution in [2.45, 2.75) is 0 Å². The molecule has 1 aromatic heterocycles. The van der Waals surface area contributed by atoms with E-state index in [1.807, 2.05) is 18.2 Å². The van der Waals surface area contributed by atoms with Gasteiger partial charge in [-0.3, -0.25) is 14.8 Å². The van der Waals surface area contributed by atoms with Crippen molar-refractivity contribution >= 4 is 28.9 Å². The van der Waals surface area contributed by atoms with Gasteiger partial charge in [0.15, 0.2) is 5.17 Å². The summed E-state index contributed by atoms with van der Waals surface area (Å²) in [5.41, 5.74) is 0.763. The van der Waals surface area contributed by atoms with Crippen molar-refractivity contribution in [2.24, 2.45) is 4.99 Å². The number of rotatable bonds is 2. The van der Waals surface area contributed by atoms with Crippen LogP contribution in [0.5, 0.6) is 0 Å². The Bertz CT molecular complexity index is 428. The summed E-state index contributed by atoms with van der Waals surface area (Å²) in [6, 6.07) is 5.55. The van der Waals surface area contributed by atoms with Gasteiger partial charge in [0.1, 0.15) is 0 Å². The van der Waals surface area contributed by atoms with Crippen LogP contribution in [-0.4, -0.2) is 28.4 Å². The second kappa shape index (κ2) is 5.46. The van der Waals surface area contributed by atoms with Crippen LogP contribution < -0.4 is 5.32 Å². The van der Waals surface area contributed by atoms with Gasteiger partial charge in [-0.05, 0) is 18.2 Å². The predicted molar refractivity (Wildman–Crippen MR) is 66.2 cm³/mol. The van der Waals surface area contributed by atoms with Crippen LogP contribution in [0.3, 0.4) is 0 Å². The highest BCUT2D eigenvalue weighted by Gasteiger charge is 2.08. The largest absolute Gasteiger partial charge is 0.302 e. The Hall–Kier alpha value is -1.62. The number of thioether (sulfide) groups is 1. The lowest BCUT2D eigenvalue weighted by molar-refractivity contribution is -0.115. The van der Waals surface area contributed by atoms with Gasteiger partial charge in [-0.25, -0.2) is 0 Å². The number of nitrogens with one attached hydrogen (secondary N) is 1. The molecule has 0 bridgehead atoms. The molecule has 5 heteroatoms. The lowest BCUT2D eigenvalue weighted by atomic mass is 10.3. The number of hydrogen-bond acceptors (Lipinski definition) is 4. The highest BCUT2D eigenvalue weighted by Crippen LogP contribution is 2.08. The first-order valence-electron chi connectivity index (χ1n) is 4.92. The molecule has 1 amide bonds. The Kier molecular flexibility index (Phi) is 3.71. The van der Waals surface area contributed by atoms with Gasteiger partial charge in [-0.15, -0.1) is 0 Å². The first-order valence-corrected chi connectivity index (χ1v) is 5.90. The van der Waals surface area contributed by atoms with E-state index in [2.05, 4.69) is 15.3 Å². The van der Waals surface area contributed by atoms with E-state index >= 15 is 0 Å². The topological polar surface area (TPSA) is 54.4 Å². The fraction of sp³-hybridized carbons (Fsp3) is 0.182. The molecule has 4 nitrogen and oxygen atoms in total. The number of pyridine rings is 1. The summed E-state index contributed by atoms with van der Waals surface area (Å²) in [6.45, 7) is 0.782. The molecule has 0 aliphatic carbocycles. The predicted octanol–water partition coefficient (Wildman–Crippen LogP) is 1.31. The number of aliphatic imine (C=N–C) groups is 1. The molecule has 0 saturated carbocycles. The maximum absolute atomic E-state index is 11.5. The fourth-order valence-corrected chi connectivity index (χ4v) is 1.92. The SMILES string of the molecule is O=C(/C=C/c1ccccn1)NC1=NCCS1. The molecule has 82 valence electrons. The zero-order valence-corrected chi connectivity index (χ0v) is 9.41. The summed E-state index contributed by atoms with van der Waals surface area (Å²) in [4.78, 5) is 19.7. The van der Waals surface area contributed by atoms with E-state index < -0.39 is 0 Å². The van der Waals surface area contributed by atoms with Gasteiger partial charge in [0, 0.05) is 18.0 Å². The van der Waals surface area contributed by atoms with Gasteiger partial charge in [0.2, 0.25) is 5.91 Å². The van der Waals surface area contributed by atoms with E-state index in [1.165, 1.54) is 6.08 Å². The standard InChI is InChI=1S/C11H11N3OS/c15-10(14-11-13-7-8-16-11)5-4-9-3-1-2-6-12-9/h1-6H,7-8H2,(H,13,14,15)/b5-4+. The number of hydrogen-bond donors (Lipinski definition) is 1. The molecular weight excluding hydrogens is 222 g/mol. The van der Waals surface area contributed by atoms with Crippen LogP contribution in [0.2, 0.25) is 0 Å². The van der Waals surface area contributed by atoms with Gasteiger partial charge in [0.25, 0.3) is 0 Å². The summed E-state index contributed by atoms with van der Waals surface area (Å²) in [5, 5.41) is 3.41. The lowest BCUT2D eigenvalue weighted by Crippen LogP contribution is -2.25. The second-order valence-electron chi connectivity index (χ2n) is 3.11. The van der Waals surface area contributed by atoms with Crippen LogP contribution in [0.25, 0.3) is 6.08 Å². The molecule has 2 rings (SSSR count). The maximum Gasteiger partial charge on any atom is 0.249 e. The molecule has 0 spiro atoms. The van der Waals surface area contributed by atoms with Crippen molar-refractivity contribution in [1.29, 1.82) is 0 Å². The number of nitrogens with zero attached hydrogens (tertiary/aromatic N) is 2. The molecule has 16 heavy (non-hydrogen) atoms. The van der Waals surface area contributed by atoms with E-state index in [1.54, 1.807) is 24.0 Å². The number of carbonyl (C=O) groups excluding carboxylic acids is 1. The molecule has 1 aliphatic rings. The number of aromatic nitrogens is 1. The molecule has 0 aromatic carbocycles. The molecule has 0 fully saturated rings. The van der Waals surface area contributed by atoms with E-state index in [0.717, 1.165) is 18.0 Å². The monoisotopic (exact) mass is 233 g/mol. The molecule has 1 aromatic rings. The Morgan fingerprint density at radius 2 is 2.44 bits per heavy atom. The fourth-order valence-electron chi connectivity index (χ4n) is 1.19. The average molecular weight is 233 g/mol. The zero-order valence-electron chi connectivity index (χ0n) is 8.59. The van der Waals surface area contributed by atoms with E-state index in [-0.39, 0.29) is 5.91 Å². The quantitative estimate of drug-likeness (QED) is 0.784. The van der Waals surface area contributed by atoms with Crippen molar-refractivity contribution in [3.05, 3.63) is 36.2 Å². The van der Waals surface area contributed by atoms with Gasteiger partial charge in [0.05, 0.1) is 12.2 Å². The smallest absolute Gasteiger partial charge is 0.249 e. The Morgan fingerprint density at radius 3 is 3.12 bits per heavy atom. The van der Waals surface area contributed by atoms with E-state index in [9.17, 15) is 4.79 Å². The first-order chi connectivity index (χ1) is 7.84. The molecule has 0 atom stereocenters. The third-order valence-electron chi connectivity index (χ3n) is 1.91. The Labute approximate surface area is 97.9 Å². The molecule has 0 radical (unpaired) electrons. The Morgan fingerprint density at radius 1 is 1.50 bits per heavy atom. The summed E-state index contributed by atoms with van der Waals surface area (Å²) in [7, 11) is 0. The third kappa shape index (κ3) is 3.20. The second-order valence-corrected chi connectivity index (χ2v) is 4.20. The summed E-state index contributed by atoms with van der Waals surface area (Å²) in [6.07, 6.45) is 4.83. The molecule has 0 saturated heterocycles. The first kappa shape index (κ1) is 10.9. The highest BCUT2D eigenvalue weighted by molar-refractivity contribution is 8.14. The maximum atomic E-state index is 11.5. The number of carbonyl (C=O) groups is 1. The van der Waals surface area contributed by atoms with Gasteiger partial charge in [-0.1, -0.05) is 17.8 Å². The average Bonchev–Trinajstić information content (AvgIpc) is 2.81. The molecule has 0 unspecified atom stereocenters. The Balaban J connectivity index is 1.89. The van der Waals surface area contributed by atoms with Gasteiger partial charge >= 0.3 is 0 Å². The van der Waals surface area contributed by atoms with E-state index in [4.69, 9.17) is 0 Å². The minimum atomic E-state index is -0.168. The zero-order chi connectivity index (χ0) is 11.2. The van der Waals surface area contributed by atoms with Crippen LogP contribution in [0.4, 0.5) is 0 Å². The summed E-state index contributed by atoms with van der Waals surface area (Å²) < 4.78 is 0. The molecule has 1 N–H and O–H groups in total. The van der Waals surface area contributed by atoms with Gasteiger partial charge in [-0.2, -0.15) is 0 Å². The van der Waals surface area contributed by atoms with Crippen molar-refractivity contribution in [1.82, 2.24) is 10.3 Å². The van der Waals surface area contributed by atoms with Crippen molar-refractivity contribution < 1.29 is 4.79 Å². The van der Waals surface area contributed by atoms with Crippen LogP contribution >= 0.6 is 11.8 Å². The third-order valence-corrected chi connectivity index (χ3v) is 2.80. The van der Waals surface area contributed by atoms with Gasteiger partial charge < -0.3 is 5.32 Å². The van der Waals surface area contributed by atoms with Crippen LogP contribution in [0, 0.1) is 0 Å². The normalized spacial score (nSPS) is 15.1. The van der Waals surface area contributed by atoms with Crippen molar-refractivity contribution in [3.63, 3.8) is 0 Å². The summed E-state index contributed by atoms with van der Waals surface area (Å²) in [5.74, 6) is 0.776. The van der Waals surface area contributed by atoms with E-state index in [0.29, 0.717) is 5.17 Å². The minimum absolute atomic E-state index is 0.168. The molecule has 2 heterocycles. The van der Waals surface area contributed by atoms with Crippen molar-refractivity contribution in [2.75, 3.05) is 12.3 Å². The van der Waals surface area contributed by atoms with Crippen LogP contribution in [-0.2, 0) is 4.79 Å². The molecular formula is C11H11N3OS. The van der Waals surface area contributed by atoms with Crippen LogP contribution in [0.1, 0.15) is 5.69 Å². The van der Waals surface area contributed by atoms with Crippen molar-refractivity contribution in [3.8, 4) is 0 Å². The summed E-state index contributed by atoms with van der Waals surface area (Å²) >= 11 is 1.56. The highest BCUT2D eigenvalue weighted by atomic mass is 32.2. The number of amidine groups is 1. The minimum Gasteiger partial charge on any atom is -0.302 e. The molecule has 1 aliphatic heterocycles. The number of amides is 1. The van der Waals surface area contributed by atoms with Crippen LogP contribution in [0.15, 0.2) is 35.5 Å². The lowest BCUT2D eigenvalue weighted by Gasteiger charge is -1.98.